The van der Waals surface area contributed by atoms with E-state index < -0.39 is 0 Å². The van der Waals surface area contributed by atoms with Gasteiger partial charge in [0.2, 0.25) is 0 Å². The molecule has 0 aliphatic carbocycles. The molecule has 0 N–H and O–H groups in total. The van der Waals surface area contributed by atoms with Crippen LogP contribution in [0.4, 0.5) is 0 Å². The van der Waals surface area contributed by atoms with E-state index >= 15 is 0 Å². The van der Waals surface area contributed by atoms with Crippen LogP contribution in [0.2, 0.25) is 0 Å². The molecule has 4 nitrogen and oxygen atoms in total. The predicted octanol–water partition coefficient (Wildman–Crippen LogP) is 3.52. The van der Waals surface area contributed by atoms with Crippen molar-refractivity contribution < 1.29 is 17.1 Å². The second-order valence-corrected chi connectivity index (χ2v) is 3.84. The van der Waals surface area contributed by atoms with E-state index in [2.05, 4.69) is 44.7 Å². The monoisotopic (exact) mass is 368 g/mol. The summed E-state index contributed by atoms with van der Waals surface area (Å²) in [6.45, 7) is 0. The smallest absolute Gasteiger partial charge is 0.394 e. The molecule has 4 heterocycles. The van der Waals surface area contributed by atoms with E-state index in [1.165, 1.54) is 0 Å². The molecule has 0 spiro atoms. The number of hydrogen-bond donors (Lipinski definition) is 0. The molecule has 0 fully saturated rings. The zero-order chi connectivity index (χ0) is 17.0. The third kappa shape index (κ3) is 17.3. The van der Waals surface area contributed by atoms with E-state index in [9.17, 15) is 0 Å². The summed E-state index contributed by atoms with van der Waals surface area (Å²) in [5.74, 6) is 0. The Hall–Kier alpha value is -2.88. The Morgan fingerprint density at radius 1 is 0.360 bits per heavy atom. The van der Waals surface area contributed by atoms with Crippen LogP contribution in [-0.2, 0) is 17.1 Å². The van der Waals surface area contributed by atoms with Gasteiger partial charge in [0.05, 0.1) is 0 Å². The second-order valence-electron chi connectivity index (χ2n) is 3.84. The Labute approximate surface area is 159 Å². The van der Waals surface area contributed by atoms with E-state index in [0.29, 0.717) is 0 Å². The maximum atomic E-state index is 3.66. The first-order valence-corrected chi connectivity index (χ1v) is 7.08. The van der Waals surface area contributed by atoms with Gasteiger partial charge in [-0.2, -0.15) is 72.8 Å². The van der Waals surface area contributed by atoms with Crippen LogP contribution in [0.3, 0.4) is 0 Å². The van der Waals surface area contributed by atoms with E-state index in [-0.39, 0.29) is 17.1 Å². The average Bonchev–Trinajstić information content (AvgIpc) is 2.75. The summed E-state index contributed by atoms with van der Waals surface area (Å²) in [4.78, 5) is 14.6. The minimum atomic E-state index is 0. The summed E-state index contributed by atoms with van der Waals surface area (Å²) in [5.41, 5.74) is 0. The average molecular weight is 368 g/mol. The fraction of sp³-hybridized carbons (Fsp3) is 0. The molecule has 0 radical (unpaired) electrons. The normalized spacial score (nSPS) is 7.68. The van der Waals surface area contributed by atoms with Gasteiger partial charge in [0, 0.05) is 0 Å². The first-order valence-electron chi connectivity index (χ1n) is 7.08. The van der Waals surface area contributed by atoms with E-state index in [1.807, 2.05) is 48.5 Å². The van der Waals surface area contributed by atoms with Crippen molar-refractivity contribution in [2.75, 3.05) is 0 Å². The molecular weight excluding hydrogens is 352 g/mol. The third-order valence-electron chi connectivity index (χ3n) is 2.07. The molecule has 0 aliphatic heterocycles. The van der Waals surface area contributed by atoms with Crippen LogP contribution in [0, 0.1) is 24.8 Å². The quantitative estimate of drug-likeness (QED) is 0.352. The molecule has 25 heavy (non-hydrogen) atoms. The van der Waals surface area contributed by atoms with Crippen molar-refractivity contribution in [3.8, 4) is 0 Å². The molecule has 0 amide bonds. The predicted molar refractivity (Wildman–Crippen MR) is 92.3 cm³/mol. The SMILES string of the molecule is [Fe+4].[c-]1ccccn1.[c-]1ccccn1.[c-]1ccccn1.[c-]1ccccn1. The molecule has 124 valence electrons. The Bertz CT molecular complexity index is 436. The molecule has 5 heteroatoms. The number of pyridine rings is 4. The summed E-state index contributed by atoms with van der Waals surface area (Å²) in [6, 6.07) is 22.0. The van der Waals surface area contributed by atoms with E-state index in [1.54, 1.807) is 49.1 Å². The van der Waals surface area contributed by atoms with Crippen molar-refractivity contribution in [1.29, 1.82) is 0 Å². The van der Waals surface area contributed by atoms with Gasteiger partial charge in [-0.15, -0.1) is 0 Å². The first-order chi connectivity index (χ1) is 12.0. The summed E-state index contributed by atoms with van der Waals surface area (Å²) >= 11 is 0. The molecular formula is C20H16FeN4. The molecule has 0 aliphatic rings. The summed E-state index contributed by atoms with van der Waals surface area (Å²) in [7, 11) is 0. The summed E-state index contributed by atoms with van der Waals surface area (Å²) in [6.07, 6.45) is 17.3. The Morgan fingerprint density at radius 3 is 0.640 bits per heavy atom. The van der Waals surface area contributed by atoms with E-state index in [0.717, 1.165) is 0 Å². The number of hydrogen-bond acceptors (Lipinski definition) is 4. The van der Waals surface area contributed by atoms with Crippen LogP contribution in [-0.4, -0.2) is 19.9 Å². The number of rotatable bonds is 0. The van der Waals surface area contributed by atoms with Gasteiger partial charge >= 0.3 is 17.1 Å². The van der Waals surface area contributed by atoms with Crippen molar-refractivity contribution in [2.45, 2.75) is 0 Å². The fourth-order valence-corrected chi connectivity index (χ4v) is 1.11. The standard InChI is InChI=1S/4C5H4N.Fe/c4*1-2-4-6-5-3-1;/h4*1-4H;/q4*-1;+4. The van der Waals surface area contributed by atoms with E-state index in [4.69, 9.17) is 0 Å². The van der Waals surface area contributed by atoms with Crippen molar-refractivity contribution in [3.63, 3.8) is 0 Å². The Kier molecular flexibility index (Phi) is 17.0. The Morgan fingerprint density at radius 2 is 0.600 bits per heavy atom. The van der Waals surface area contributed by atoms with Gasteiger partial charge in [0.1, 0.15) is 0 Å². The van der Waals surface area contributed by atoms with Crippen LogP contribution in [0.15, 0.2) is 97.6 Å². The van der Waals surface area contributed by atoms with Crippen molar-refractivity contribution in [2.24, 2.45) is 0 Å². The molecule has 0 unspecified atom stereocenters. The summed E-state index contributed by atoms with van der Waals surface area (Å²) < 4.78 is 0. The minimum absolute atomic E-state index is 0. The minimum Gasteiger partial charge on any atom is -0.394 e. The van der Waals surface area contributed by atoms with Crippen LogP contribution in [0.1, 0.15) is 0 Å². The third-order valence-corrected chi connectivity index (χ3v) is 2.07. The number of nitrogens with zero attached hydrogens (tertiary/aromatic N) is 4. The number of aromatic nitrogens is 4. The summed E-state index contributed by atoms with van der Waals surface area (Å²) in [5, 5.41) is 0. The molecule has 0 saturated heterocycles. The van der Waals surface area contributed by atoms with Gasteiger partial charge in [-0.25, -0.2) is 0 Å². The van der Waals surface area contributed by atoms with Gasteiger partial charge in [0.15, 0.2) is 0 Å². The molecule has 0 bridgehead atoms. The van der Waals surface area contributed by atoms with Crippen LogP contribution in [0.25, 0.3) is 0 Å². The zero-order valence-electron chi connectivity index (χ0n) is 13.4. The largest absolute Gasteiger partial charge is 4.00 e. The molecule has 0 saturated carbocycles. The maximum absolute atomic E-state index is 3.66. The van der Waals surface area contributed by atoms with Gasteiger partial charge in [-0.3, -0.25) is 0 Å². The maximum Gasteiger partial charge on any atom is 4.00 e. The van der Waals surface area contributed by atoms with Crippen molar-refractivity contribution in [3.05, 3.63) is 122 Å². The molecule has 4 aromatic rings. The molecule has 0 atom stereocenters. The Balaban J connectivity index is 0.000000303. The van der Waals surface area contributed by atoms with Gasteiger partial charge in [0.25, 0.3) is 0 Å². The molecule has 4 rings (SSSR count). The zero-order valence-corrected chi connectivity index (χ0v) is 14.5. The van der Waals surface area contributed by atoms with Gasteiger partial charge in [-0.1, -0.05) is 49.6 Å². The fourth-order valence-electron chi connectivity index (χ4n) is 1.11. The van der Waals surface area contributed by atoms with Gasteiger partial charge < -0.3 is 19.9 Å². The van der Waals surface area contributed by atoms with Crippen molar-refractivity contribution >= 4 is 0 Å². The topological polar surface area (TPSA) is 51.6 Å². The van der Waals surface area contributed by atoms with Gasteiger partial charge in [-0.05, 0) is 0 Å². The molecule has 0 aromatic carbocycles. The van der Waals surface area contributed by atoms with Crippen molar-refractivity contribution in [1.82, 2.24) is 19.9 Å². The molecule has 4 aromatic heterocycles. The van der Waals surface area contributed by atoms with Crippen LogP contribution >= 0.6 is 0 Å². The van der Waals surface area contributed by atoms with Crippen LogP contribution in [0.5, 0.6) is 0 Å². The second kappa shape index (κ2) is 19.2. The first kappa shape index (κ1) is 22.1. The van der Waals surface area contributed by atoms with Crippen LogP contribution < -0.4 is 0 Å².